The maximum atomic E-state index is 14.1. The van der Waals surface area contributed by atoms with E-state index in [2.05, 4.69) is 0 Å². The smallest absolute Gasteiger partial charge is 0.332 e. The van der Waals surface area contributed by atoms with Gasteiger partial charge in [0, 0.05) is 18.7 Å². The molecule has 2 fully saturated rings. The number of hydrogen-bond donors (Lipinski definition) is 3. The molecular formula is C13H15FN4O4. The molecule has 2 aliphatic rings. The number of phenolic OH excluding ortho intramolecular Hbond substituents is 1. The van der Waals surface area contributed by atoms with Crippen LogP contribution in [0, 0.1) is 5.82 Å². The molecule has 9 heteroatoms. The number of rotatable bonds is 3. The average molecular weight is 310 g/mol. The second-order valence-corrected chi connectivity index (χ2v) is 5.16. The van der Waals surface area contributed by atoms with Crippen molar-refractivity contribution < 1.29 is 23.8 Å². The molecule has 0 bridgehead atoms. The number of aromatic hydroxyl groups is 1. The molecule has 8 nitrogen and oxygen atoms in total. The van der Waals surface area contributed by atoms with Gasteiger partial charge in [0.05, 0.1) is 5.69 Å². The Bertz CT molecular complexity index is 629. The Morgan fingerprint density at radius 2 is 2.09 bits per heavy atom. The highest BCUT2D eigenvalue weighted by Crippen LogP contribution is 2.38. The minimum atomic E-state index is -1.24. The average Bonchev–Trinajstić information content (AvgIpc) is 2.99. The summed E-state index contributed by atoms with van der Waals surface area (Å²) in [5.74, 6) is -2.14. The van der Waals surface area contributed by atoms with Crippen LogP contribution in [0.2, 0.25) is 0 Å². The van der Waals surface area contributed by atoms with Crippen molar-refractivity contribution in [2.45, 2.75) is 25.2 Å². The van der Waals surface area contributed by atoms with E-state index < -0.39 is 35.9 Å². The monoisotopic (exact) mass is 310 g/mol. The molecule has 1 aromatic rings. The van der Waals surface area contributed by atoms with E-state index in [4.69, 9.17) is 16.2 Å². The van der Waals surface area contributed by atoms with E-state index in [1.54, 1.807) is 0 Å². The van der Waals surface area contributed by atoms with E-state index in [1.807, 2.05) is 0 Å². The first kappa shape index (κ1) is 14.5. The topological polar surface area (TPSA) is 122 Å². The summed E-state index contributed by atoms with van der Waals surface area (Å²) >= 11 is 0. The van der Waals surface area contributed by atoms with Gasteiger partial charge in [0.15, 0.2) is 17.3 Å². The number of carbonyl (C=O) groups excluding carboxylic acids is 2. The number of nitrogens with two attached hydrogens (primary N) is 2. The third-order valence-electron chi connectivity index (χ3n) is 3.73. The molecule has 2 heterocycles. The number of amides is 3. The van der Waals surface area contributed by atoms with Crippen LogP contribution in [0.1, 0.15) is 12.8 Å². The number of anilines is 1. The molecule has 1 aromatic carbocycles. The van der Waals surface area contributed by atoms with Crippen LogP contribution in [-0.2, 0) is 4.79 Å². The van der Waals surface area contributed by atoms with Crippen molar-refractivity contribution in [2.75, 3.05) is 11.4 Å². The predicted molar refractivity (Wildman–Crippen MR) is 73.5 cm³/mol. The molecule has 3 amide bonds. The van der Waals surface area contributed by atoms with Crippen LogP contribution >= 0.6 is 0 Å². The van der Waals surface area contributed by atoms with E-state index in [9.17, 15) is 19.1 Å². The Kier molecular flexibility index (Phi) is 3.38. The highest BCUT2D eigenvalue weighted by Gasteiger charge is 2.48. The summed E-state index contributed by atoms with van der Waals surface area (Å²) in [6, 6.07) is 0.647. The molecule has 5 N–H and O–H groups in total. The van der Waals surface area contributed by atoms with Crippen molar-refractivity contribution in [2.24, 2.45) is 11.5 Å². The molecule has 118 valence electrons. The van der Waals surface area contributed by atoms with Gasteiger partial charge in [0.1, 0.15) is 6.04 Å². The first-order valence-electron chi connectivity index (χ1n) is 6.75. The SMILES string of the molecule is NC(N)Oc1cc(N2C(=O)[C@H]3CCCN3C2=O)c(F)cc1O. The zero-order chi connectivity index (χ0) is 16.0. The van der Waals surface area contributed by atoms with Crippen molar-refractivity contribution in [1.82, 2.24) is 4.90 Å². The van der Waals surface area contributed by atoms with Gasteiger partial charge in [0.25, 0.3) is 5.91 Å². The summed E-state index contributed by atoms with van der Waals surface area (Å²) in [5, 5.41) is 9.63. The lowest BCUT2D eigenvalue weighted by Gasteiger charge is -2.18. The maximum Gasteiger partial charge on any atom is 0.332 e. The maximum absolute atomic E-state index is 14.1. The molecule has 0 aromatic heterocycles. The summed E-state index contributed by atoms with van der Waals surface area (Å²) in [6.07, 6.45) is 0.0553. The molecule has 22 heavy (non-hydrogen) atoms. The largest absolute Gasteiger partial charge is 0.504 e. The van der Waals surface area contributed by atoms with Crippen LogP contribution in [0.3, 0.4) is 0 Å². The van der Waals surface area contributed by atoms with E-state index in [1.165, 1.54) is 4.90 Å². The quantitative estimate of drug-likeness (QED) is 0.535. The van der Waals surface area contributed by atoms with Gasteiger partial charge in [-0.3, -0.25) is 16.3 Å². The minimum Gasteiger partial charge on any atom is -0.504 e. The minimum absolute atomic E-state index is 0.209. The van der Waals surface area contributed by atoms with E-state index in [0.717, 1.165) is 23.5 Å². The number of halogens is 1. The fourth-order valence-corrected chi connectivity index (χ4v) is 2.79. The zero-order valence-corrected chi connectivity index (χ0v) is 11.5. The van der Waals surface area contributed by atoms with Crippen molar-refractivity contribution in [3.05, 3.63) is 17.9 Å². The molecule has 0 saturated carbocycles. The van der Waals surface area contributed by atoms with Gasteiger partial charge in [-0.05, 0) is 12.8 Å². The zero-order valence-electron chi connectivity index (χ0n) is 11.5. The third-order valence-corrected chi connectivity index (χ3v) is 3.73. The number of fused-ring (bicyclic) bond motifs is 1. The van der Waals surface area contributed by atoms with Crippen LogP contribution in [0.15, 0.2) is 12.1 Å². The Labute approximate surface area is 125 Å². The molecule has 0 spiro atoms. The lowest BCUT2D eigenvalue weighted by molar-refractivity contribution is -0.119. The predicted octanol–water partition coefficient (Wildman–Crippen LogP) is 0.0421. The number of carbonyl (C=O) groups is 2. The first-order chi connectivity index (χ1) is 10.4. The van der Waals surface area contributed by atoms with Gasteiger partial charge in [0.2, 0.25) is 6.35 Å². The van der Waals surface area contributed by atoms with Gasteiger partial charge in [-0.2, -0.15) is 0 Å². The highest BCUT2D eigenvalue weighted by atomic mass is 19.1. The first-order valence-corrected chi connectivity index (χ1v) is 6.75. The normalized spacial score (nSPS) is 21.0. The van der Waals surface area contributed by atoms with Crippen LogP contribution in [0.25, 0.3) is 0 Å². The second-order valence-electron chi connectivity index (χ2n) is 5.16. The Morgan fingerprint density at radius 1 is 1.36 bits per heavy atom. The number of nitrogens with zero attached hydrogens (tertiary/aromatic N) is 2. The van der Waals surface area contributed by atoms with Crippen molar-refractivity contribution >= 4 is 17.6 Å². The van der Waals surface area contributed by atoms with Gasteiger partial charge in [-0.25, -0.2) is 14.1 Å². The van der Waals surface area contributed by atoms with Gasteiger partial charge >= 0.3 is 6.03 Å². The van der Waals surface area contributed by atoms with Gasteiger partial charge < -0.3 is 14.7 Å². The van der Waals surface area contributed by atoms with E-state index >= 15 is 0 Å². The lowest BCUT2D eigenvalue weighted by Crippen LogP contribution is -2.37. The molecule has 3 rings (SSSR count). The number of hydrogen-bond acceptors (Lipinski definition) is 6. The van der Waals surface area contributed by atoms with Gasteiger partial charge in [-0.15, -0.1) is 0 Å². The summed E-state index contributed by atoms with van der Waals surface area (Å²) in [6.45, 7) is 0.461. The van der Waals surface area contributed by atoms with Crippen molar-refractivity contribution in [3.63, 3.8) is 0 Å². The van der Waals surface area contributed by atoms with Crippen LogP contribution in [0.5, 0.6) is 11.5 Å². The number of benzene rings is 1. The van der Waals surface area contributed by atoms with Crippen LogP contribution < -0.4 is 21.1 Å². The number of imide groups is 1. The molecular weight excluding hydrogens is 295 g/mol. The summed E-state index contributed by atoms with van der Waals surface area (Å²) < 4.78 is 19.0. The van der Waals surface area contributed by atoms with E-state index in [0.29, 0.717) is 13.0 Å². The number of phenols is 1. The number of ether oxygens (including phenoxy) is 1. The Morgan fingerprint density at radius 3 is 2.73 bits per heavy atom. The fraction of sp³-hybridized carbons (Fsp3) is 0.385. The molecule has 0 unspecified atom stereocenters. The molecule has 2 aliphatic heterocycles. The lowest BCUT2D eigenvalue weighted by atomic mass is 10.2. The molecule has 0 aliphatic carbocycles. The second kappa shape index (κ2) is 5.11. The van der Waals surface area contributed by atoms with Crippen LogP contribution in [-0.4, -0.2) is 40.9 Å². The summed E-state index contributed by atoms with van der Waals surface area (Å²) in [5.41, 5.74) is 10.2. The summed E-state index contributed by atoms with van der Waals surface area (Å²) in [7, 11) is 0. The number of urea groups is 1. The van der Waals surface area contributed by atoms with Crippen LogP contribution in [0.4, 0.5) is 14.9 Å². The van der Waals surface area contributed by atoms with Crippen molar-refractivity contribution in [3.8, 4) is 11.5 Å². The molecule has 1 atom stereocenters. The van der Waals surface area contributed by atoms with Crippen molar-refractivity contribution in [1.29, 1.82) is 0 Å². The fourth-order valence-electron chi connectivity index (χ4n) is 2.79. The highest BCUT2D eigenvalue weighted by molar-refractivity contribution is 6.21. The Hall–Kier alpha value is -2.39. The standard InChI is InChI=1S/C13H15FN4O4/c14-6-4-9(19)10(22-12(15)16)5-8(6)18-11(20)7-2-1-3-17(7)13(18)21/h4-5,7,12,19H,1-3,15-16H2/t7-/m1/s1. The van der Waals surface area contributed by atoms with E-state index in [-0.39, 0.29) is 11.4 Å². The summed E-state index contributed by atoms with van der Waals surface area (Å²) in [4.78, 5) is 26.8. The molecule has 0 radical (unpaired) electrons. The molecule has 2 saturated heterocycles. The Balaban J connectivity index is 2.01. The van der Waals surface area contributed by atoms with Gasteiger partial charge in [-0.1, -0.05) is 0 Å². The third kappa shape index (κ3) is 2.14.